The molecule has 2 fully saturated rings. The number of fused-ring (bicyclic) bond motifs is 3. The minimum atomic E-state index is -3.31. The fourth-order valence-electron chi connectivity index (χ4n) is 5.40. The average molecular weight is 536 g/mol. The number of aryl methyl sites for hydroxylation is 2. The SMILES string of the molecule is Cc1cc(-c2ccn3nc(Nc4ccnc(C)n4)cc3c2)c(OC2C[C@H]3COC[C@@H](C2)N3S(C)(=O)=O)cn1. The Morgan fingerprint density at radius 2 is 1.84 bits per heavy atom. The molecule has 198 valence electrons. The summed E-state index contributed by atoms with van der Waals surface area (Å²) in [5, 5.41) is 7.83. The summed E-state index contributed by atoms with van der Waals surface area (Å²) in [6.07, 6.45) is 7.63. The monoisotopic (exact) mass is 535 g/mol. The molecule has 0 radical (unpaired) electrons. The van der Waals surface area contributed by atoms with Gasteiger partial charge in [-0.05, 0) is 43.7 Å². The van der Waals surface area contributed by atoms with Crippen LogP contribution in [0.5, 0.6) is 5.75 Å². The van der Waals surface area contributed by atoms with Crippen LogP contribution in [0.1, 0.15) is 24.4 Å². The van der Waals surface area contributed by atoms with Gasteiger partial charge >= 0.3 is 0 Å². The number of piperidine rings is 1. The zero-order valence-corrected chi connectivity index (χ0v) is 22.2. The van der Waals surface area contributed by atoms with E-state index in [4.69, 9.17) is 9.47 Å². The molecule has 2 aliphatic rings. The van der Waals surface area contributed by atoms with Gasteiger partial charge in [0.2, 0.25) is 10.0 Å². The van der Waals surface area contributed by atoms with E-state index in [-0.39, 0.29) is 18.2 Å². The molecule has 12 heteroatoms. The lowest BCUT2D eigenvalue weighted by atomic mass is 9.94. The lowest BCUT2D eigenvalue weighted by Crippen LogP contribution is -2.60. The van der Waals surface area contributed by atoms with Gasteiger partial charge < -0.3 is 14.8 Å². The number of hydrogen-bond acceptors (Lipinski definition) is 9. The summed E-state index contributed by atoms with van der Waals surface area (Å²) in [6, 6.07) is 9.36. The Balaban J connectivity index is 1.27. The normalized spacial score (nSPS) is 21.9. The second kappa shape index (κ2) is 9.61. The highest BCUT2D eigenvalue weighted by Crippen LogP contribution is 2.36. The molecule has 1 unspecified atom stereocenters. The van der Waals surface area contributed by atoms with Gasteiger partial charge in [-0.3, -0.25) is 4.98 Å². The van der Waals surface area contributed by atoms with Crippen LogP contribution in [0.25, 0.3) is 16.6 Å². The number of rotatable bonds is 6. The van der Waals surface area contributed by atoms with Crippen molar-refractivity contribution >= 4 is 27.2 Å². The second-order valence-electron chi connectivity index (χ2n) is 9.90. The summed E-state index contributed by atoms with van der Waals surface area (Å²) in [6.45, 7) is 4.55. The van der Waals surface area contributed by atoms with Crippen molar-refractivity contribution in [1.82, 2.24) is 28.9 Å². The summed E-state index contributed by atoms with van der Waals surface area (Å²) in [4.78, 5) is 13.0. The van der Waals surface area contributed by atoms with E-state index in [0.717, 1.165) is 22.3 Å². The first-order valence-electron chi connectivity index (χ1n) is 12.5. The van der Waals surface area contributed by atoms with Crippen LogP contribution >= 0.6 is 0 Å². The molecule has 3 atom stereocenters. The van der Waals surface area contributed by atoms with Gasteiger partial charge in [-0.2, -0.15) is 9.40 Å². The van der Waals surface area contributed by atoms with Crippen molar-refractivity contribution in [2.75, 3.05) is 24.8 Å². The molecule has 4 aromatic rings. The molecular formula is C26H29N7O4S. The fraction of sp³-hybridized carbons (Fsp3) is 0.385. The predicted octanol–water partition coefficient (Wildman–Crippen LogP) is 3.12. The van der Waals surface area contributed by atoms with E-state index in [1.165, 1.54) is 6.26 Å². The molecule has 6 heterocycles. The topological polar surface area (TPSA) is 124 Å². The third-order valence-electron chi connectivity index (χ3n) is 6.90. The molecule has 0 aromatic carbocycles. The Labute approximate surface area is 220 Å². The average Bonchev–Trinajstić information content (AvgIpc) is 3.25. The van der Waals surface area contributed by atoms with Gasteiger partial charge in [0.25, 0.3) is 0 Å². The molecule has 38 heavy (non-hydrogen) atoms. The van der Waals surface area contributed by atoms with Crippen LogP contribution in [0.4, 0.5) is 11.6 Å². The van der Waals surface area contributed by atoms with E-state index >= 15 is 0 Å². The minimum Gasteiger partial charge on any atom is -0.488 e. The number of nitrogens with one attached hydrogen (secondary N) is 1. The van der Waals surface area contributed by atoms with Gasteiger partial charge in [0, 0.05) is 42.6 Å². The zero-order valence-electron chi connectivity index (χ0n) is 21.4. The molecule has 2 bridgehead atoms. The Bertz CT molecular complexity index is 1590. The summed E-state index contributed by atoms with van der Waals surface area (Å²) < 4.78 is 40.3. The van der Waals surface area contributed by atoms with E-state index in [1.807, 2.05) is 38.2 Å². The predicted molar refractivity (Wildman–Crippen MR) is 142 cm³/mol. The van der Waals surface area contributed by atoms with E-state index in [1.54, 1.807) is 27.3 Å². The number of pyridine rings is 2. The van der Waals surface area contributed by atoms with Gasteiger partial charge in [-0.25, -0.2) is 22.9 Å². The first kappa shape index (κ1) is 24.7. The smallest absolute Gasteiger partial charge is 0.211 e. The Morgan fingerprint density at radius 1 is 1.05 bits per heavy atom. The van der Waals surface area contributed by atoms with Gasteiger partial charge in [0.15, 0.2) is 5.82 Å². The number of nitrogens with zero attached hydrogens (tertiary/aromatic N) is 6. The Hall–Kier alpha value is -3.61. The number of hydrogen-bond donors (Lipinski definition) is 1. The summed E-state index contributed by atoms with van der Waals surface area (Å²) >= 11 is 0. The van der Waals surface area contributed by atoms with Crippen LogP contribution in [0.2, 0.25) is 0 Å². The van der Waals surface area contributed by atoms with Crippen LogP contribution in [0.3, 0.4) is 0 Å². The van der Waals surface area contributed by atoms with Crippen LogP contribution in [-0.2, 0) is 14.8 Å². The van der Waals surface area contributed by atoms with Gasteiger partial charge in [0.1, 0.15) is 23.5 Å². The highest BCUT2D eigenvalue weighted by atomic mass is 32.2. The summed E-state index contributed by atoms with van der Waals surface area (Å²) in [7, 11) is -3.31. The molecule has 0 aliphatic carbocycles. The standard InChI is InChI=1S/C26H29N7O4S/c1-16-8-23(18-5-7-32-19(9-18)12-26(31-32)30-25-4-6-27-17(2)29-25)24(13-28-16)37-22-10-20-14-36-15-21(11-22)33(20)38(3,34)35/h4-9,12-13,20-22H,10-11,14-15H2,1-3H3,(H,27,29,30,31)/t20-,21+,22?. The largest absolute Gasteiger partial charge is 0.488 e. The van der Waals surface area contributed by atoms with Gasteiger partial charge in [-0.15, -0.1) is 0 Å². The molecule has 2 saturated heterocycles. The molecule has 2 aliphatic heterocycles. The number of ether oxygens (including phenoxy) is 2. The molecular weight excluding hydrogens is 506 g/mol. The fourth-order valence-corrected chi connectivity index (χ4v) is 6.77. The molecule has 0 spiro atoms. The highest BCUT2D eigenvalue weighted by molar-refractivity contribution is 7.88. The Kier molecular flexibility index (Phi) is 6.25. The van der Waals surface area contributed by atoms with Crippen molar-refractivity contribution in [2.45, 2.75) is 44.9 Å². The molecule has 11 nitrogen and oxygen atoms in total. The first-order valence-corrected chi connectivity index (χ1v) is 14.3. The molecule has 0 amide bonds. The van der Waals surface area contributed by atoms with E-state index < -0.39 is 10.0 Å². The van der Waals surface area contributed by atoms with Crippen LogP contribution in [0.15, 0.2) is 48.9 Å². The second-order valence-corrected chi connectivity index (χ2v) is 11.8. The van der Waals surface area contributed by atoms with Crippen molar-refractivity contribution in [2.24, 2.45) is 0 Å². The van der Waals surface area contributed by atoms with Crippen LogP contribution in [0, 0.1) is 13.8 Å². The molecule has 1 N–H and O–H groups in total. The van der Waals surface area contributed by atoms with Crippen LogP contribution in [-0.4, -0.2) is 74.9 Å². The van der Waals surface area contributed by atoms with Crippen molar-refractivity contribution in [3.8, 4) is 16.9 Å². The van der Waals surface area contributed by atoms with Crippen molar-refractivity contribution < 1.29 is 17.9 Å². The van der Waals surface area contributed by atoms with E-state index in [0.29, 0.717) is 49.3 Å². The Morgan fingerprint density at radius 3 is 2.58 bits per heavy atom. The van der Waals surface area contributed by atoms with E-state index in [9.17, 15) is 8.42 Å². The highest BCUT2D eigenvalue weighted by Gasteiger charge is 2.44. The lowest BCUT2D eigenvalue weighted by molar-refractivity contribution is -0.0606. The summed E-state index contributed by atoms with van der Waals surface area (Å²) in [5.74, 6) is 2.71. The first-order chi connectivity index (χ1) is 18.2. The quantitative estimate of drug-likeness (QED) is 0.397. The number of morpholine rings is 1. The maximum Gasteiger partial charge on any atom is 0.211 e. The number of aromatic nitrogens is 5. The summed E-state index contributed by atoms with van der Waals surface area (Å²) in [5.41, 5.74) is 3.68. The van der Waals surface area contributed by atoms with Gasteiger partial charge in [0.05, 0.1) is 43.3 Å². The molecule has 0 saturated carbocycles. The third kappa shape index (κ3) is 4.94. The maximum atomic E-state index is 12.4. The van der Waals surface area contributed by atoms with Crippen molar-refractivity contribution in [3.05, 3.63) is 60.4 Å². The van der Waals surface area contributed by atoms with Crippen molar-refractivity contribution in [3.63, 3.8) is 0 Å². The number of anilines is 2. The third-order valence-corrected chi connectivity index (χ3v) is 8.26. The maximum absolute atomic E-state index is 12.4. The van der Waals surface area contributed by atoms with E-state index in [2.05, 4.69) is 31.4 Å². The van der Waals surface area contributed by atoms with Crippen LogP contribution < -0.4 is 10.1 Å². The zero-order chi connectivity index (χ0) is 26.4. The van der Waals surface area contributed by atoms with Crippen molar-refractivity contribution in [1.29, 1.82) is 0 Å². The number of sulfonamides is 1. The van der Waals surface area contributed by atoms with Gasteiger partial charge in [-0.1, -0.05) is 0 Å². The lowest BCUT2D eigenvalue weighted by Gasteiger charge is -2.46. The molecule has 6 rings (SSSR count). The minimum absolute atomic E-state index is 0.138. The molecule has 4 aromatic heterocycles.